The van der Waals surface area contributed by atoms with Crippen molar-refractivity contribution in [1.82, 2.24) is 9.55 Å². The van der Waals surface area contributed by atoms with Crippen molar-refractivity contribution in [3.05, 3.63) is 96.0 Å². The first-order valence-corrected chi connectivity index (χ1v) is 10.2. The predicted molar refractivity (Wildman–Crippen MR) is 117 cm³/mol. The molecule has 0 aliphatic rings. The average Bonchev–Trinajstić information content (AvgIpc) is 3.31. The summed E-state index contributed by atoms with van der Waals surface area (Å²) in [5.74, 6) is -2.01. The minimum atomic E-state index is -0.804. The monoisotopic (exact) mass is 437 g/mol. The fraction of sp³-hybridized carbons (Fsp3) is 0.208. The number of carbonyl (C=O) groups excluding carboxylic acids is 2. The van der Waals surface area contributed by atoms with Gasteiger partial charge < -0.3 is 19.4 Å². The smallest absolute Gasteiger partial charge is 0.347 e. The van der Waals surface area contributed by atoms with Crippen molar-refractivity contribution in [2.24, 2.45) is 0 Å². The quantitative estimate of drug-likeness (QED) is 0.235. The van der Waals surface area contributed by atoms with Crippen LogP contribution in [0.15, 0.2) is 79.0 Å². The minimum Gasteiger partial charge on any atom is -0.462 e. The van der Waals surface area contributed by atoms with E-state index in [4.69, 9.17) is 9.47 Å². The van der Waals surface area contributed by atoms with Crippen LogP contribution in [0.2, 0.25) is 0 Å². The molecule has 1 atom stereocenters. The highest BCUT2D eigenvalue weighted by Crippen LogP contribution is 2.30. The fourth-order valence-electron chi connectivity index (χ4n) is 3.19. The second-order valence-electron chi connectivity index (χ2n) is 6.70. The summed E-state index contributed by atoms with van der Waals surface area (Å²) >= 11 is 0. The number of imidazole rings is 1. The van der Waals surface area contributed by atoms with Crippen LogP contribution < -0.4 is 5.32 Å². The minimum absolute atomic E-state index is 0.111. The molecule has 0 saturated heterocycles. The molecular formula is C24H24FN3O4. The molecule has 1 aromatic heterocycles. The summed E-state index contributed by atoms with van der Waals surface area (Å²) in [6, 6.07) is 13.5. The third-order valence-electron chi connectivity index (χ3n) is 4.60. The number of anilines is 1. The zero-order valence-corrected chi connectivity index (χ0v) is 17.8. The Hall–Kier alpha value is -3.94. The summed E-state index contributed by atoms with van der Waals surface area (Å²) < 4.78 is 26.6. The zero-order chi connectivity index (χ0) is 22.9. The first-order chi connectivity index (χ1) is 15.5. The number of nitrogens with zero attached hydrogens (tertiary/aromatic N) is 2. The molecule has 0 saturated carbocycles. The van der Waals surface area contributed by atoms with Crippen LogP contribution in [0, 0.1) is 5.82 Å². The van der Waals surface area contributed by atoms with Gasteiger partial charge in [-0.15, -0.1) is 0 Å². The van der Waals surface area contributed by atoms with Gasteiger partial charge in [0.15, 0.2) is 5.57 Å². The van der Waals surface area contributed by atoms with Crippen LogP contribution in [-0.4, -0.2) is 34.7 Å². The highest BCUT2D eigenvalue weighted by Gasteiger charge is 2.22. The Balaban J connectivity index is 1.97. The third-order valence-corrected chi connectivity index (χ3v) is 4.60. The molecule has 0 amide bonds. The van der Waals surface area contributed by atoms with Gasteiger partial charge in [0.25, 0.3) is 0 Å². The SMILES string of the molecule is CCOC(=O)C(=CNc1ccc(F)c(C(c2ccccc2)n2ccnc2)c1)C(=O)OCC. The molecule has 0 bridgehead atoms. The van der Waals surface area contributed by atoms with E-state index in [-0.39, 0.29) is 18.8 Å². The van der Waals surface area contributed by atoms with Gasteiger partial charge in [0.1, 0.15) is 5.82 Å². The maximum absolute atomic E-state index is 14.9. The van der Waals surface area contributed by atoms with Crippen LogP contribution in [0.4, 0.5) is 10.1 Å². The average molecular weight is 437 g/mol. The molecule has 7 nitrogen and oxygen atoms in total. The van der Waals surface area contributed by atoms with Gasteiger partial charge in [0, 0.05) is 29.8 Å². The van der Waals surface area contributed by atoms with Gasteiger partial charge in [0.05, 0.1) is 25.6 Å². The van der Waals surface area contributed by atoms with Crippen LogP contribution in [0.3, 0.4) is 0 Å². The molecule has 1 unspecified atom stereocenters. The van der Waals surface area contributed by atoms with Gasteiger partial charge in [-0.3, -0.25) is 0 Å². The van der Waals surface area contributed by atoms with E-state index < -0.39 is 23.8 Å². The molecule has 166 valence electrons. The molecule has 0 spiro atoms. The maximum atomic E-state index is 14.9. The van der Waals surface area contributed by atoms with Crippen LogP contribution in [0.1, 0.15) is 31.0 Å². The first-order valence-electron chi connectivity index (χ1n) is 10.2. The molecule has 3 aromatic rings. The highest BCUT2D eigenvalue weighted by atomic mass is 19.1. The summed E-state index contributed by atoms with van der Waals surface area (Å²) in [4.78, 5) is 28.4. The van der Waals surface area contributed by atoms with Gasteiger partial charge in [0.2, 0.25) is 0 Å². The predicted octanol–water partition coefficient (Wildman–Crippen LogP) is 4.08. The zero-order valence-electron chi connectivity index (χ0n) is 17.8. The molecule has 1 heterocycles. The lowest BCUT2D eigenvalue weighted by Crippen LogP contribution is -2.19. The number of hydrogen-bond acceptors (Lipinski definition) is 6. The van der Waals surface area contributed by atoms with Gasteiger partial charge in [-0.1, -0.05) is 30.3 Å². The Labute approximate surface area is 185 Å². The largest absolute Gasteiger partial charge is 0.462 e. The van der Waals surface area contributed by atoms with Crippen molar-refractivity contribution in [2.45, 2.75) is 19.9 Å². The molecule has 32 heavy (non-hydrogen) atoms. The summed E-state index contributed by atoms with van der Waals surface area (Å²) in [6.07, 6.45) is 6.22. The molecule has 0 aliphatic carbocycles. The van der Waals surface area contributed by atoms with Crippen molar-refractivity contribution >= 4 is 17.6 Å². The van der Waals surface area contributed by atoms with Gasteiger partial charge in [-0.25, -0.2) is 19.0 Å². The lowest BCUT2D eigenvalue weighted by molar-refractivity contribution is -0.146. The number of carbonyl (C=O) groups is 2. The topological polar surface area (TPSA) is 82.5 Å². The number of benzene rings is 2. The van der Waals surface area contributed by atoms with E-state index in [0.717, 1.165) is 5.56 Å². The molecule has 8 heteroatoms. The van der Waals surface area contributed by atoms with E-state index in [9.17, 15) is 14.0 Å². The Kier molecular flexibility index (Phi) is 7.75. The highest BCUT2D eigenvalue weighted by molar-refractivity contribution is 6.14. The van der Waals surface area contributed by atoms with Crippen molar-refractivity contribution in [3.8, 4) is 0 Å². The summed E-state index contributed by atoms with van der Waals surface area (Å²) in [6.45, 7) is 3.50. The van der Waals surface area contributed by atoms with Crippen LogP contribution in [0.5, 0.6) is 0 Å². The van der Waals surface area contributed by atoms with Crippen molar-refractivity contribution < 1.29 is 23.5 Å². The number of esters is 2. The van der Waals surface area contributed by atoms with E-state index in [1.807, 2.05) is 30.3 Å². The lowest BCUT2D eigenvalue weighted by atomic mass is 9.97. The van der Waals surface area contributed by atoms with Crippen LogP contribution >= 0.6 is 0 Å². The second kappa shape index (κ2) is 10.9. The van der Waals surface area contributed by atoms with Gasteiger partial charge in [-0.05, 0) is 37.6 Å². The van der Waals surface area contributed by atoms with E-state index in [1.165, 1.54) is 18.3 Å². The summed E-state index contributed by atoms with van der Waals surface area (Å²) in [5.41, 5.74) is 1.46. The Morgan fingerprint density at radius 2 is 1.78 bits per heavy atom. The maximum Gasteiger partial charge on any atom is 0.347 e. The number of hydrogen-bond donors (Lipinski definition) is 1. The van der Waals surface area contributed by atoms with Crippen molar-refractivity contribution in [2.75, 3.05) is 18.5 Å². The van der Waals surface area contributed by atoms with Crippen molar-refractivity contribution in [3.63, 3.8) is 0 Å². The normalized spacial score (nSPS) is 11.3. The summed E-state index contributed by atoms with van der Waals surface area (Å²) in [7, 11) is 0. The number of nitrogens with one attached hydrogen (secondary N) is 1. The number of ether oxygens (including phenoxy) is 2. The Morgan fingerprint density at radius 1 is 1.09 bits per heavy atom. The third kappa shape index (κ3) is 5.40. The summed E-state index contributed by atoms with van der Waals surface area (Å²) in [5, 5.41) is 2.89. The standard InChI is InChI=1S/C24H24FN3O4/c1-3-31-23(29)20(24(30)32-4-2)15-27-18-10-11-21(25)19(14-18)22(28-13-12-26-16-28)17-8-6-5-7-9-17/h5-16,22,27H,3-4H2,1-2H3. The molecule has 1 N–H and O–H groups in total. The fourth-order valence-corrected chi connectivity index (χ4v) is 3.19. The van der Waals surface area contributed by atoms with Gasteiger partial charge in [-0.2, -0.15) is 0 Å². The van der Waals surface area contributed by atoms with E-state index in [2.05, 4.69) is 10.3 Å². The number of aromatic nitrogens is 2. The number of rotatable bonds is 9. The van der Waals surface area contributed by atoms with E-state index in [0.29, 0.717) is 11.3 Å². The molecule has 0 fully saturated rings. The van der Waals surface area contributed by atoms with E-state index >= 15 is 0 Å². The van der Waals surface area contributed by atoms with Gasteiger partial charge >= 0.3 is 11.9 Å². The number of halogens is 1. The van der Waals surface area contributed by atoms with Crippen LogP contribution in [0.25, 0.3) is 0 Å². The lowest BCUT2D eigenvalue weighted by Gasteiger charge is -2.21. The Morgan fingerprint density at radius 3 is 2.38 bits per heavy atom. The molecule has 3 rings (SSSR count). The molecule has 0 aliphatic heterocycles. The molecule has 2 aromatic carbocycles. The van der Waals surface area contributed by atoms with Crippen molar-refractivity contribution in [1.29, 1.82) is 0 Å². The van der Waals surface area contributed by atoms with E-state index in [1.54, 1.807) is 43.2 Å². The second-order valence-corrected chi connectivity index (χ2v) is 6.70. The molecular weight excluding hydrogens is 413 g/mol. The first kappa shape index (κ1) is 22.7. The molecule has 0 radical (unpaired) electrons. The van der Waals surface area contributed by atoms with Crippen LogP contribution in [-0.2, 0) is 19.1 Å². The Bertz CT molecular complexity index is 1060.